The smallest absolute Gasteiger partial charge is 0.240 e. The average molecular weight is 353 g/mol. The third-order valence-electron chi connectivity index (χ3n) is 4.82. The minimum Gasteiger partial charge on any atom is -0.376 e. The zero-order valence-corrected chi connectivity index (χ0v) is 14.9. The van der Waals surface area contributed by atoms with Crippen LogP contribution < -0.4 is 10.6 Å². The molecule has 1 aliphatic rings. The predicted molar refractivity (Wildman–Crippen MR) is 96.6 cm³/mol. The van der Waals surface area contributed by atoms with Crippen LogP contribution in [-0.2, 0) is 4.79 Å². The number of tetrazole rings is 1. The van der Waals surface area contributed by atoms with E-state index in [0.29, 0.717) is 0 Å². The van der Waals surface area contributed by atoms with Gasteiger partial charge >= 0.3 is 0 Å². The molecule has 8 heteroatoms. The number of nitriles is 1. The van der Waals surface area contributed by atoms with E-state index in [4.69, 9.17) is 0 Å². The van der Waals surface area contributed by atoms with Gasteiger partial charge in [-0.3, -0.25) is 4.79 Å². The van der Waals surface area contributed by atoms with E-state index < -0.39 is 5.54 Å². The molecule has 0 bridgehead atoms. The number of benzene rings is 1. The number of nitrogens with one attached hydrogen (secondary N) is 2. The van der Waals surface area contributed by atoms with E-state index in [1.54, 1.807) is 4.68 Å². The van der Waals surface area contributed by atoms with E-state index in [1.165, 1.54) is 6.33 Å². The van der Waals surface area contributed by atoms with Crippen molar-refractivity contribution >= 4 is 11.6 Å². The molecular weight excluding hydrogens is 330 g/mol. The summed E-state index contributed by atoms with van der Waals surface area (Å²) in [5, 5.41) is 26.8. The lowest BCUT2D eigenvalue weighted by molar-refractivity contribution is -0.120. The number of rotatable bonds is 5. The maximum Gasteiger partial charge on any atom is 0.240 e. The topological polar surface area (TPSA) is 109 Å². The van der Waals surface area contributed by atoms with Gasteiger partial charge in [0.05, 0.1) is 18.3 Å². The summed E-state index contributed by atoms with van der Waals surface area (Å²) < 4.78 is 1.56. The number of carbonyl (C=O) groups excluding carboxylic acids is 1. The van der Waals surface area contributed by atoms with Gasteiger partial charge in [0.25, 0.3) is 0 Å². The van der Waals surface area contributed by atoms with E-state index in [1.807, 2.05) is 25.1 Å². The summed E-state index contributed by atoms with van der Waals surface area (Å²) >= 11 is 0. The fraction of sp³-hybridized carbons (Fsp3) is 0.500. The molecule has 0 unspecified atom stereocenters. The van der Waals surface area contributed by atoms with E-state index in [2.05, 4.69) is 32.2 Å². The number of nitrogens with zero attached hydrogens (tertiary/aromatic N) is 5. The van der Waals surface area contributed by atoms with Gasteiger partial charge < -0.3 is 10.6 Å². The molecule has 0 saturated heterocycles. The molecule has 1 heterocycles. The number of aryl methyl sites for hydroxylation is 1. The van der Waals surface area contributed by atoms with Gasteiger partial charge in [-0.1, -0.05) is 31.7 Å². The van der Waals surface area contributed by atoms with Crippen LogP contribution >= 0.6 is 0 Å². The van der Waals surface area contributed by atoms with Crippen LogP contribution in [0.5, 0.6) is 0 Å². The second kappa shape index (κ2) is 7.95. The van der Waals surface area contributed by atoms with Crippen LogP contribution in [0.15, 0.2) is 24.5 Å². The van der Waals surface area contributed by atoms with Crippen LogP contribution in [0.1, 0.15) is 44.1 Å². The highest BCUT2D eigenvalue weighted by Crippen LogP contribution is 2.26. The van der Waals surface area contributed by atoms with Crippen molar-refractivity contribution in [3.05, 3.63) is 30.1 Å². The van der Waals surface area contributed by atoms with Gasteiger partial charge in [0.2, 0.25) is 5.91 Å². The van der Waals surface area contributed by atoms with Crippen molar-refractivity contribution in [1.29, 1.82) is 5.26 Å². The van der Waals surface area contributed by atoms with Crippen LogP contribution in [0.25, 0.3) is 5.69 Å². The Bertz CT molecular complexity index is 786. The van der Waals surface area contributed by atoms with E-state index in [0.717, 1.165) is 55.5 Å². The van der Waals surface area contributed by atoms with Gasteiger partial charge in [-0.2, -0.15) is 5.26 Å². The Morgan fingerprint density at radius 1 is 1.31 bits per heavy atom. The Balaban J connectivity index is 1.64. The summed E-state index contributed by atoms with van der Waals surface area (Å²) in [6, 6.07) is 8.09. The molecule has 3 rings (SSSR count). The zero-order chi connectivity index (χ0) is 18.4. The van der Waals surface area contributed by atoms with E-state index in [9.17, 15) is 10.1 Å². The molecule has 1 amide bonds. The van der Waals surface area contributed by atoms with Crippen molar-refractivity contribution in [2.75, 3.05) is 11.9 Å². The summed E-state index contributed by atoms with van der Waals surface area (Å²) in [5.74, 6) is -0.166. The molecule has 0 spiro atoms. The van der Waals surface area contributed by atoms with Crippen LogP contribution in [0.3, 0.4) is 0 Å². The SMILES string of the molecule is Cc1ccc(-n2cnnn2)cc1NCC(=O)NC1(C#N)CCCCCC1. The van der Waals surface area contributed by atoms with Crippen molar-refractivity contribution in [1.82, 2.24) is 25.5 Å². The highest BCUT2D eigenvalue weighted by atomic mass is 16.2. The van der Waals surface area contributed by atoms with Crippen molar-refractivity contribution in [3.63, 3.8) is 0 Å². The maximum absolute atomic E-state index is 12.4. The number of hydrogen-bond donors (Lipinski definition) is 2. The molecule has 0 aliphatic heterocycles. The van der Waals surface area contributed by atoms with Gasteiger partial charge in [-0.05, 0) is 47.9 Å². The van der Waals surface area contributed by atoms with Crippen LogP contribution in [0.4, 0.5) is 5.69 Å². The van der Waals surface area contributed by atoms with Gasteiger partial charge in [-0.15, -0.1) is 5.10 Å². The highest BCUT2D eigenvalue weighted by molar-refractivity contribution is 5.82. The Morgan fingerprint density at radius 2 is 2.08 bits per heavy atom. The second-order valence-electron chi connectivity index (χ2n) is 6.76. The molecule has 1 aromatic heterocycles. The van der Waals surface area contributed by atoms with Crippen LogP contribution in [0.2, 0.25) is 0 Å². The van der Waals surface area contributed by atoms with Gasteiger partial charge in [0, 0.05) is 5.69 Å². The van der Waals surface area contributed by atoms with Crippen LogP contribution in [-0.4, -0.2) is 38.2 Å². The summed E-state index contributed by atoms with van der Waals surface area (Å²) in [6.45, 7) is 2.08. The summed E-state index contributed by atoms with van der Waals surface area (Å²) in [5.41, 5.74) is 1.93. The molecule has 8 nitrogen and oxygen atoms in total. The Labute approximate surface area is 152 Å². The lowest BCUT2D eigenvalue weighted by Gasteiger charge is -2.26. The third kappa shape index (κ3) is 4.17. The second-order valence-corrected chi connectivity index (χ2v) is 6.76. The quantitative estimate of drug-likeness (QED) is 0.797. The first kappa shape index (κ1) is 17.9. The molecule has 0 atom stereocenters. The minimum absolute atomic E-state index is 0.114. The molecule has 136 valence electrons. The average Bonchev–Trinajstić information content (AvgIpc) is 3.08. The van der Waals surface area contributed by atoms with Gasteiger partial charge in [0.15, 0.2) is 0 Å². The van der Waals surface area contributed by atoms with Crippen molar-refractivity contribution in [2.24, 2.45) is 0 Å². The largest absolute Gasteiger partial charge is 0.376 e. The number of hydrogen-bond acceptors (Lipinski definition) is 6. The van der Waals surface area contributed by atoms with E-state index in [-0.39, 0.29) is 12.5 Å². The molecule has 26 heavy (non-hydrogen) atoms. The third-order valence-corrected chi connectivity index (χ3v) is 4.82. The fourth-order valence-electron chi connectivity index (χ4n) is 3.31. The van der Waals surface area contributed by atoms with Gasteiger partial charge in [0.1, 0.15) is 11.9 Å². The summed E-state index contributed by atoms with van der Waals surface area (Å²) in [4.78, 5) is 12.4. The van der Waals surface area contributed by atoms with Crippen molar-refractivity contribution < 1.29 is 4.79 Å². The Hall–Kier alpha value is -2.95. The first-order chi connectivity index (χ1) is 12.6. The molecule has 1 saturated carbocycles. The molecule has 1 aromatic carbocycles. The molecule has 1 aliphatic carbocycles. The Kier molecular flexibility index (Phi) is 5.46. The predicted octanol–water partition coefficient (Wildman–Crippen LogP) is 2.12. The number of anilines is 1. The Morgan fingerprint density at radius 3 is 2.73 bits per heavy atom. The maximum atomic E-state index is 12.4. The molecular formula is C18H23N7O. The normalized spacial score (nSPS) is 16.3. The van der Waals surface area contributed by atoms with Crippen molar-refractivity contribution in [2.45, 2.75) is 51.0 Å². The first-order valence-electron chi connectivity index (χ1n) is 8.92. The molecule has 2 N–H and O–H groups in total. The zero-order valence-electron chi connectivity index (χ0n) is 14.9. The molecule has 0 radical (unpaired) electrons. The van der Waals surface area contributed by atoms with Crippen molar-refractivity contribution in [3.8, 4) is 11.8 Å². The molecule has 2 aromatic rings. The lowest BCUT2D eigenvalue weighted by Crippen LogP contribution is -2.49. The summed E-state index contributed by atoms with van der Waals surface area (Å²) in [7, 11) is 0. The minimum atomic E-state index is -0.724. The fourth-order valence-corrected chi connectivity index (χ4v) is 3.31. The number of aromatic nitrogens is 4. The van der Waals surface area contributed by atoms with Gasteiger partial charge in [-0.25, -0.2) is 4.68 Å². The molecule has 1 fully saturated rings. The first-order valence-corrected chi connectivity index (χ1v) is 8.92. The van der Waals surface area contributed by atoms with E-state index >= 15 is 0 Å². The number of amides is 1. The highest BCUT2D eigenvalue weighted by Gasteiger charge is 2.32. The lowest BCUT2D eigenvalue weighted by atomic mass is 9.92. The number of carbonyl (C=O) groups is 1. The monoisotopic (exact) mass is 353 g/mol. The van der Waals surface area contributed by atoms with Crippen LogP contribution in [0, 0.1) is 18.3 Å². The standard InChI is InChI=1S/C18H23N7O/c1-14-6-7-15(25-13-21-23-24-25)10-16(14)20-11-17(26)22-18(12-19)8-4-2-3-5-9-18/h6-7,10,13,20H,2-5,8-9,11H2,1H3,(H,22,26). The summed E-state index contributed by atoms with van der Waals surface area (Å²) in [6.07, 6.45) is 7.18.